The first-order valence-corrected chi connectivity index (χ1v) is 5.70. The molecule has 0 bridgehead atoms. The van der Waals surface area contributed by atoms with Crippen LogP contribution in [0.4, 0.5) is 0 Å². The number of hydrogen-bond donors (Lipinski definition) is 1. The van der Waals surface area contributed by atoms with E-state index in [1.807, 2.05) is 20.8 Å². The van der Waals surface area contributed by atoms with E-state index in [-0.39, 0.29) is 18.2 Å². The van der Waals surface area contributed by atoms with Crippen molar-refractivity contribution in [1.82, 2.24) is 4.90 Å². The van der Waals surface area contributed by atoms with Crippen LogP contribution in [0.25, 0.3) is 0 Å². The molecule has 1 rings (SSSR count). The molecule has 0 aromatic rings. The number of hydrogen-bond acceptors (Lipinski definition) is 3. The van der Waals surface area contributed by atoms with Crippen LogP contribution in [0.1, 0.15) is 40.0 Å². The molecule has 1 unspecified atom stereocenters. The maximum absolute atomic E-state index is 11.3. The standard InChI is InChI=1S/C8H13NO2S.C2H6/c1-2-3-4-9-7(10)5-6(12)8(9)11;1-2/h6,12H,2-5H2,1H3;1-2H3. The van der Waals surface area contributed by atoms with Crippen molar-refractivity contribution in [1.29, 1.82) is 0 Å². The monoisotopic (exact) mass is 217 g/mol. The summed E-state index contributed by atoms with van der Waals surface area (Å²) in [4.78, 5) is 23.7. The lowest BCUT2D eigenvalue weighted by molar-refractivity contribution is -0.138. The predicted octanol–water partition coefficient (Wildman–Crippen LogP) is 1.87. The summed E-state index contributed by atoms with van der Waals surface area (Å²) in [6, 6.07) is 0. The van der Waals surface area contributed by atoms with Crippen molar-refractivity contribution in [3.8, 4) is 0 Å². The topological polar surface area (TPSA) is 37.4 Å². The third kappa shape index (κ3) is 3.33. The van der Waals surface area contributed by atoms with Gasteiger partial charge >= 0.3 is 0 Å². The lowest BCUT2D eigenvalue weighted by Crippen LogP contribution is -2.31. The Hall–Kier alpha value is -0.510. The molecule has 1 aliphatic rings. The molecule has 0 radical (unpaired) electrons. The van der Waals surface area contributed by atoms with E-state index in [1.165, 1.54) is 4.90 Å². The van der Waals surface area contributed by atoms with E-state index >= 15 is 0 Å². The molecule has 0 aromatic carbocycles. The van der Waals surface area contributed by atoms with Gasteiger partial charge in [-0.3, -0.25) is 14.5 Å². The quantitative estimate of drug-likeness (QED) is 0.579. The number of thiol groups is 1. The van der Waals surface area contributed by atoms with Crippen LogP contribution in [0.3, 0.4) is 0 Å². The van der Waals surface area contributed by atoms with Gasteiger partial charge in [-0.15, -0.1) is 0 Å². The highest BCUT2D eigenvalue weighted by Crippen LogP contribution is 2.17. The van der Waals surface area contributed by atoms with Crippen molar-refractivity contribution in [3.05, 3.63) is 0 Å². The fraction of sp³-hybridized carbons (Fsp3) is 0.800. The molecule has 3 nitrogen and oxygen atoms in total. The molecule has 0 spiro atoms. The van der Waals surface area contributed by atoms with Crippen LogP contribution in [0.2, 0.25) is 0 Å². The van der Waals surface area contributed by atoms with Gasteiger partial charge in [0.15, 0.2) is 0 Å². The Balaban J connectivity index is 0.000000791. The molecule has 1 heterocycles. The van der Waals surface area contributed by atoms with Gasteiger partial charge in [0.05, 0.1) is 5.25 Å². The highest BCUT2D eigenvalue weighted by molar-refractivity contribution is 7.81. The van der Waals surface area contributed by atoms with Gasteiger partial charge in [0, 0.05) is 13.0 Å². The minimum Gasteiger partial charge on any atom is -0.282 e. The van der Waals surface area contributed by atoms with Crippen LogP contribution in [-0.4, -0.2) is 28.5 Å². The maximum Gasteiger partial charge on any atom is 0.242 e. The Morgan fingerprint density at radius 2 is 2.00 bits per heavy atom. The first kappa shape index (κ1) is 13.5. The zero-order chi connectivity index (χ0) is 11.1. The summed E-state index contributed by atoms with van der Waals surface area (Å²) in [5.74, 6) is -0.203. The summed E-state index contributed by atoms with van der Waals surface area (Å²) in [5, 5.41) is -0.394. The molecule has 0 N–H and O–H groups in total. The number of amides is 2. The normalized spacial score (nSPS) is 20.9. The largest absolute Gasteiger partial charge is 0.282 e. The third-order valence-electron chi connectivity index (χ3n) is 1.96. The number of carbonyl (C=O) groups excluding carboxylic acids is 2. The number of carbonyl (C=O) groups is 2. The van der Waals surface area contributed by atoms with E-state index in [4.69, 9.17) is 0 Å². The molecule has 1 saturated heterocycles. The van der Waals surface area contributed by atoms with E-state index in [0.717, 1.165) is 12.8 Å². The van der Waals surface area contributed by atoms with Gasteiger partial charge < -0.3 is 0 Å². The van der Waals surface area contributed by atoms with Gasteiger partial charge in [0.25, 0.3) is 0 Å². The molecular formula is C10H19NO2S. The summed E-state index contributed by atoms with van der Waals surface area (Å²) in [6.45, 7) is 6.59. The average Bonchev–Trinajstić information content (AvgIpc) is 2.43. The van der Waals surface area contributed by atoms with Crippen molar-refractivity contribution in [3.63, 3.8) is 0 Å². The summed E-state index contributed by atoms with van der Waals surface area (Å²) in [7, 11) is 0. The SMILES string of the molecule is CC.CCCCN1C(=O)CC(S)C1=O. The van der Waals surface area contributed by atoms with Crippen LogP contribution in [0.15, 0.2) is 0 Å². The van der Waals surface area contributed by atoms with Crippen molar-refractivity contribution in [2.24, 2.45) is 0 Å². The number of imide groups is 1. The Morgan fingerprint density at radius 1 is 1.43 bits per heavy atom. The minimum atomic E-state index is -0.394. The van der Waals surface area contributed by atoms with Crippen molar-refractivity contribution in [2.45, 2.75) is 45.3 Å². The Morgan fingerprint density at radius 3 is 2.36 bits per heavy atom. The fourth-order valence-electron chi connectivity index (χ4n) is 1.22. The molecule has 1 atom stereocenters. The lowest BCUT2D eigenvalue weighted by atomic mass is 10.3. The van der Waals surface area contributed by atoms with Gasteiger partial charge in [0.1, 0.15) is 0 Å². The first-order chi connectivity index (χ1) is 6.66. The lowest BCUT2D eigenvalue weighted by Gasteiger charge is -2.12. The summed E-state index contributed by atoms with van der Waals surface area (Å²) < 4.78 is 0. The predicted molar refractivity (Wildman–Crippen MR) is 60.4 cm³/mol. The van der Waals surface area contributed by atoms with Gasteiger partial charge in [0.2, 0.25) is 11.8 Å². The first-order valence-electron chi connectivity index (χ1n) is 5.19. The molecule has 0 aromatic heterocycles. The second-order valence-corrected chi connectivity index (χ2v) is 3.58. The van der Waals surface area contributed by atoms with E-state index < -0.39 is 5.25 Å². The molecule has 2 amide bonds. The molecule has 82 valence electrons. The van der Waals surface area contributed by atoms with Crippen molar-refractivity contribution in [2.75, 3.05) is 6.54 Å². The van der Waals surface area contributed by atoms with E-state index in [1.54, 1.807) is 0 Å². The Bertz CT molecular complexity index is 206. The third-order valence-corrected chi connectivity index (χ3v) is 2.36. The van der Waals surface area contributed by atoms with Crippen LogP contribution in [0.5, 0.6) is 0 Å². The number of likely N-dealkylation sites (tertiary alicyclic amines) is 1. The highest BCUT2D eigenvalue weighted by atomic mass is 32.1. The molecule has 1 aliphatic heterocycles. The van der Waals surface area contributed by atoms with Crippen LogP contribution >= 0.6 is 12.6 Å². The smallest absolute Gasteiger partial charge is 0.242 e. The van der Waals surface area contributed by atoms with Crippen molar-refractivity contribution >= 4 is 24.4 Å². The summed E-state index contributed by atoms with van der Waals surface area (Å²) >= 11 is 4.02. The number of unbranched alkanes of at least 4 members (excludes halogenated alkanes) is 1. The summed E-state index contributed by atoms with van der Waals surface area (Å²) in [5.41, 5.74) is 0. The van der Waals surface area contributed by atoms with Crippen LogP contribution in [-0.2, 0) is 9.59 Å². The average molecular weight is 217 g/mol. The molecule has 1 fully saturated rings. The zero-order valence-corrected chi connectivity index (χ0v) is 10.0. The molecular weight excluding hydrogens is 198 g/mol. The molecule has 4 heteroatoms. The van der Waals surface area contributed by atoms with E-state index in [0.29, 0.717) is 6.54 Å². The molecule has 0 aliphatic carbocycles. The Kier molecular flexibility index (Phi) is 6.62. The van der Waals surface area contributed by atoms with Crippen molar-refractivity contribution < 1.29 is 9.59 Å². The second kappa shape index (κ2) is 6.87. The van der Waals surface area contributed by atoms with Gasteiger partial charge in [-0.05, 0) is 6.42 Å². The van der Waals surface area contributed by atoms with Crippen LogP contribution in [0, 0.1) is 0 Å². The highest BCUT2D eigenvalue weighted by Gasteiger charge is 2.35. The van der Waals surface area contributed by atoms with Crippen LogP contribution < -0.4 is 0 Å². The van der Waals surface area contributed by atoms with Gasteiger partial charge in [-0.25, -0.2) is 0 Å². The van der Waals surface area contributed by atoms with Gasteiger partial charge in [-0.1, -0.05) is 27.2 Å². The van der Waals surface area contributed by atoms with E-state index in [2.05, 4.69) is 12.6 Å². The zero-order valence-electron chi connectivity index (χ0n) is 9.12. The number of nitrogens with zero attached hydrogens (tertiary/aromatic N) is 1. The van der Waals surface area contributed by atoms with E-state index in [9.17, 15) is 9.59 Å². The maximum atomic E-state index is 11.3. The van der Waals surface area contributed by atoms with Gasteiger partial charge in [-0.2, -0.15) is 12.6 Å². The summed E-state index contributed by atoms with van der Waals surface area (Å²) in [6.07, 6.45) is 2.15. The number of rotatable bonds is 3. The minimum absolute atomic E-state index is 0.0755. The molecule has 14 heavy (non-hydrogen) atoms. The second-order valence-electron chi connectivity index (χ2n) is 2.96. The Labute approximate surface area is 91.3 Å². The molecule has 0 saturated carbocycles. The fourth-order valence-corrected chi connectivity index (χ4v) is 1.51.